The van der Waals surface area contributed by atoms with E-state index in [-0.39, 0.29) is 0 Å². The highest BCUT2D eigenvalue weighted by molar-refractivity contribution is 5.03. The Morgan fingerprint density at radius 3 is 2.94 bits per heavy atom. The highest BCUT2D eigenvalue weighted by atomic mass is 16.5. The Labute approximate surface area is 97.2 Å². The van der Waals surface area contributed by atoms with E-state index in [1.54, 1.807) is 7.11 Å². The van der Waals surface area contributed by atoms with Gasteiger partial charge < -0.3 is 4.74 Å². The molecule has 0 saturated carbocycles. The number of nitrogens with zero attached hydrogens (tertiary/aromatic N) is 1. The van der Waals surface area contributed by atoms with Gasteiger partial charge in [0.2, 0.25) is 0 Å². The van der Waals surface area contributed by atoms with Gasteiger partial charge in [-0.25, -0.2) is 0 Å². The maximum absolute atomic E-state index is 5.51. The number of pyridine rings is 1. The number of hydrogen-bond acceptors (Lipinski definition) is 4. The van der Waals surface area contributed by atoms with Gasteiger partial charge in [-0.2, -0.15) is 0 Å². The van der Waals surface area contributed by atoms with E-state index >= 15 is 0 Å². The molecule has 1 aromatic rings. The largest absolute Gasteiger partial charge is 0.385 e. The lowest BCUT2D eigenvalue weighted by atomic mass is 10.1. The SMILES string of the molecule is COCCCC(CCc1ccccn1)NN. The number of aryl methyl sites for hydroxylation is 1. The van der Waals surface area contributed by atoms with Gasteiger partial charge in [-0.05, 0) is 37.8 Å². The van der Waals surface area contributed by atoms with Crippen LogP contribution < -0.4 is 11.3 Å². The highest BCUT2D eigenvalue weighted by Crippen LogP contribution is 2.06. The minimum absolute atomic E-state index is 0.345. The lowest BCUT2D eigenvalue weighted by Crippen LogP contribution is -2.35. The van der Waals surface area contributed by atoms with Crippen molar-refractivity contribution in [1.29, 1.82) is 0 Å². The summed E-state index contributed by atoms with van der Waals surface area (Å²) in [4.78, 5) is 4.29. The van der Waals surface area contributed by atoms with Crippen LogP contribution in [0.25, 0.3) is 0 Å². The standard InChI is InChI=1S/C12H21N3O/c1-16-10-4-6-12(15-13)8-7-11-5-2-3-9-14-11/h2-3,5,9,12,15H,4,6-8,10,13H2,1H3. The summed E-state index contributed by atoms with van der Waals surface area (Å²) in [6.07, 6.45) is 5.87. The molecule has 3 N–H and O–H groups in total. The summed E-state index contributed by atoms with van der Waals surface area (Å²) in [5.41, 5.74) is 3.97. The van der Waals surface area contributed by atoms with Crippen molar-refractivity contribution in [2.45, 2.75) is 31.7 Å². The van der Waals surface area contributed by atoms with Gasteiger partial charge in [0, 0.05) is 31.6 Å². The van der Waals surface area contributed by atoms with E-state index in [2.05, 4.69) is 10.4 Å². The number of hydrogen-bond donors (Lipinski definition) is 2. The van der Waals surface area contributed by atoms with Gasteiger partial charge in [-0.1, -0.05) is 6.07 Å². The molecule has 0 bridgehead atoms. The fourth-order valence-electron chi connectivity index (χ4n) is 1.65. The van der Waals surface area contributed by atoms with Gasteiger partial charge in [-0.3, -0.25) is 16.3 Å². The molecule has 1 rings (SSSR count). The van der Waals surface area contributed by atoms with Gasteiger partial charge in [0.05, 0.1) is 0 Å². The average Bonchev–Trinajstić information content (AvgIpc) is 2.35. The smallest absolute Gasteiger partial charge is 0.0462 e. The molecule has 16 heavy (non-hydrogen) atoms. The number of ether oxygens (including phenoxy) is 1. The van der Waals surface area contributed by atoms with Crippen molar-refractivity contribution < 1.29 is 4.74 Å². The molecule has 1 unspecified atom stereocenters. The number of nitrogens with two attached hydrogens (primary N) is 1. The van der Waals surface area contributed by atoms with Crippen LogP contribution in [-0.4, -0.2) is 24.7 Å². The second-order valence-electron chi connectivity index (χ2n) is 3.86. The number of methoxy groups -OCH3 is 1. The maximum atomic E-state index is 5.51. The minimum atomic E-state index is 0.345. The first-order chi connectivity index (χ1) is 7.86. The molecule has 1 aromatic heterocycles. The van der Waals surface area contributed by atoms with Crippen molar-refractivity contribution in [3.8, 4) is 0 Å². The second-order valence-corrected chi connectivity index (χ2v) is 3.86. The predicted molar refractivity (Wildman–Crippen MR) is 64.8 cm³/mol. The normalized spacial score (nSPS) is 12.6. The first kappa shape index (κ1) is 13.1. The second kappa shape index (κ2) is 8.21. The number of nitrogens with one attached hydrogen (secondary N) is 1. The Morgan fingerprint density at radius 1 is 1.44 bits per heavy atom. The molecule has 90 valence electrons. The minimum Gasteiger partial charge on any atom is -0.385 e. The van der Waals surface area contributed by atoms with Crippen LogP contribution in [-0.2, 0) is 11.2 Å². The van der Waals surface area contributed by atoms with Crippen LogP contribution in [0.3, 0.4) is 0 Å². The molecular formula is C12H21N3O. The van der Waals surface area contributed by atoms with E-state index in [4.69, 9.17) is 10.6 Å². The van der Waals surface area contributed by atoms with E-state index in [0.717, 1.165) is 38.0 Å². The van der Waals surface area contributed by atoms with Crippen LogP contribution in [0, 0.1) is 0 Å². The van der Waals surface area contributed by atoms with E-state index < -0.39 is 0 Å². The topological polar surface area (TPSA) is 60.2 Å². The first-order valence-electron chi connectivity index (χ1n) is 5.71. The molecular weight excluding hydrogens is 202 g/mol. The van der Waals surface area contributed by atoms with Crippen molar-refractivity contribution in [2.75, 3.05) is 13.7 Å². The first-order valence-corrected chi connectivity index (χ1v) is 5.71. The Morgan fingerprint density at radius 2 is 2.31 bits per heavy atom. The average molecular weight is 223 g/mol. The summed E-state index contributed by atoms with van der Waals surface area (Å²) in [5.74, 6) is 5.51. The summed E-state index contributed by atoms with van der Waals surface area (Å²) in [6, 6.07) is 6.33. The predicted octanol–water partition coefficient (Wildman–Crippen LogP) is 1.27. The lowest BCUT2D eigenvalue weighted by Gasteiger charge is -2.15. The van der Waals surface area contributed by atoms with Crippen molar-refractivity contribution in [2.24, 2.45) is 5.84 Å². The van der Waals surface area contributed by atoms with E-state index in [1.165, 1.54) is 0 Å². The summed E-state index contributed by atoms with van der Waals surface area (Å²) in [6.45, 7) is 0.793. The van der Waals surface area contributed by atoms with Crippen LogP contribution in [0.5, 0.6) is 0 Å². The third kappa shape index (κ3) is 5.21. The van der Waals surface area contributed by atoms with Crippen LogP contribution >= 0.6 is 0 Å². The maximum Gasteiger partial charge on any atom is 0.0462 e. The van der Waals surface area contributed by atoms with Crippen LogP contribution in [0.2, 0.25) is 0 Å². The molecule has 0 amide bonds. The van der Waals surface area contributed by atoms with E-state index in [9.17, 15) is 0 Å². The molecule has 0 aliphatic heterocycles. The monoisotopic (exact) mass is 223 g/mol. The fourth-order valence-corrected chi connectivity index (χ4v) is 1.65. The van der Waals surface area contributed by atoms with Gasteiger partial charge in [0.15, 0.2) is 0 Å². The van der Waals surface area contributed by atoms with Crippen molar-refractivity contribution in [1.82, 2.24) is 10.4 Å². The number of aromatic nitrogens is 1. The van der Waals surface area contributed by atoms with Gasteiger partial charge in [0.1, 0.15) is 0 Å². The van der Waals surface area contributed by atoms with Crippen molar-refractivity contribution in [3.63, 3.8) is 0 Å². The summed E-state index contributed by atoms with van der Waals surface area (Å²) >= 11 is 0. The van der Waals surface area contributed by atoms with Gasteiger partial charge in [-0.15, -0.1) is 0 Å². The van der Waals surface area contributed by atoms with Crippen LogP contribution in [0.15, 0.2) is 24.4 Å². The third-order valence-electron chi connectivity index (χ3n) is 2.61. The van der Waals surface area contributed by atoms with E-state index in [1.807, 2.05) is 24.4 Å². The number of rotatable bonds is 8. The quantitative estimate of drug-likeness (QED) is 0.396. The molecule has 0 aliphatic rings. The lowest BCUT2D eigenvalue weighted by molar-refractivity contribution is 0.188. The molecule has 0 aliphatic carbocycles. The molecule has 0 aromatic carbocycles. The Bertz CT molecular complexity index is 266. The van der Waals surface area contributed by atoms with Crippen molar-refractivity contribution in [3.05, 3.63) is 30.1 Å². The highest BCUT2D eigenvalue weighted by Gasteiger charge is 2.06. The molecule has 1 heterocycles. The molecule has 0 radical (unpaired) electrons. The zero-order valence-corrected chi connectivity index (χ0v) is 9.86. The Hall–Kier alpha value is -0.970. The molecule has 0 spiro atoms. The van der Waals surface area contributed by atoms with Crippen molar-refractivity contribution >= 4 is 0 Å². The Kier molecular flexibility index (Phi) is 6.72. The molecule has 0 fully saturated rings. The Balaban J connectivity index is 2.23. The zero-order chi connectivity index (χ0) is 11.6. The molecule has 4 heteroatoms. The van der Waals surface area contributed by atoms with Crippen LogP contribution in [0.1, 0.15) is 25.0 Å². The fraction of sp³-hybridized carbons (Fsp3) is 0.583. The van der Waals surface area contributed by atoms with E-state index in [0.29, 0.717) is 6.04 Å². The van der Waals surface area contributed by atoms with Crippen LogP contribution in [0.4, 0.5) is 0 Å². The summed E-state index contributed by atoms with van der Waals surface area (Å²) in [5, 5.41) is 0. The molecule has 4 nitrogen and oxygen atoms in total. The van der Waals surface area contributed by atoms with Gasteiger partial charge in [0.25, 0.3) is 0 Å². The third-order valence-corrected chi connectivity index (χ3v) is 2.61. The number of hydrazine groups is 1. The summed E-state index contributed by atoms with van der Waals surface area (Å²) < 4.78 is 5.02. The van der Waals surface area contributed by atoms with Gasteiger partial charge >= 0.3 is 0 Å². The molecule has 0 saturated heterocycles. The zero-order valence-electron chi connectivity index (χ0n) is 9.86. The summed E-state index contributed by atoms with van der Waals surface area (Å²) in [7, 11) is 1.72. The molecule has 1 atom stereocenters.